The fourth-order valence-electron chi connectivity index (χ4n) is 0.204. The normalized spacial score (nSPS) is 8.73. The minimum atomic E-state index is -0.303. The van der Waals surface area contributed by atoms with E-state index in [1.165, 1.54) is 13.2 Å². The van der Waals surface area contributed by atoms with E-state index < -0.39 is 0 Å². The summed E-state index contributed by atoms with van der Waals surface area (Å²) in [5, 5.41) is 0. The number of esters is 1. The first-order valence-corrected chi connectivity index (χ1v) is 3.63. The Morgan fingerprint density at radius 3 is 2.18 bits per heavy atom. The van der Waals surface area contributed by atoms with Crippen molar-refractivity contribution in [2.45, 2.75) is 20.3 Å². The van der Waals surface area contributed by atoms with Crippen molar-refractivity contribution in [3.8, 4) is 0 Å². The maximum atomic E-state index is 10.1. The average molecular weight is 159 g/mol. The number of carbonyl (C=O) groups is 1. The molecule has 2 N–H and O–H groups in total. The molecule has 0 saturated heterocycles. The summed E-state index contributed by atoms with van der Waals surface area (Å²) >= 11 is 0. The van der Waals surface area contributed by atoms with Crippen molar-refractivity contribution < 1.29 is 9.53 Å². The Morgan fingerprint density at radius 2 is 2.09 bits per heavy atom. The predicted octanol–water partition coefficient (Wildman–Crippen LogP) is 1.09. The minimum Gasteiger partial charge on any atom is -0.466 e. The van der Waals surface area contributed by atoms with Crippen LogP contribution in [0.4, 0.5) is 0 Å². The average Bonchev–Trinajstić information content (AvgIpc) is 2.05. The van der Waals surface area contributed by atoms with Crippen LogP contribution >= 0.6 is 0 Å². The van der Waals surface area contributed by atoms with E-state index >= 15 is 0 Å². The van der Waals surface area contributed by atoms with Crippen molar-refractivity contribution in [1.29, 1.82) is 0 Å². The minimum absolute atomic E-state index is 0.303. The third kappa shape index (κ3) is 17.6. The number of ether oxygens (including phenoxy) is 1. The SMILES string of the molecule is CC=CC(=O)OC.CCCN. The number of allylic oxidation sites excluding steroid dienone is 1. The van der Waals surface area contributed by atoms with Gasteiger partial charge in [-0.15, -0.1) is 0 Å². The van der Waals surface area contributed by atoms with Crippen LogP contribution in [-0.4, -0.2) is 19.6 Å². The van der Waals surface area contributed by atoms with Gasteiger partial charge in [0, 0.05) is 6.08 Å². The lowest BCUT2D eigenvalue weighted by atomic mass is 10.5. The molecule has 0 heterocycles. The lowest BCUT2D eigenvalue weighted by Gasteiger charge is -1.84. The molecule has 0 fully saturated rings. The van der Waals surface area contributed by atoms with Gasteiger partial charge in [-0.05, 0) is 19.9 Å². The van der Waals surface area contributed by atoms with Gasteiger partial charge in [-0.2, -0.15) is 0 Å². The smallest absolute Gasteiger partial charge is 0.330 e. The molecule has 0 amide bonds. The molecule has 66 valence electrons. The molecule has 0 spiro atoms. The van der Waals surface area contributed by atoms with Crippen molar-refractivity contribution in [3.63, 3.8) is 0 Å². The first-order valence-electron chi connectivity index (χ1n) is 3.63. The van der Waals surface area contributed by atoms with E-state index in [-0.39, 0.29) is 5.97 Å². The lowest BCUT2D eigenvalue weighted by molar-refractivity contribution is -0.134. The van der Waals surface area contributed by atoms with E-state index in [0.29, 0.717) is 0 Å². The van der Waals surface area contributed by atoms with E-state index in [0.717, 1.165) is 13.0 Å². The van der Waals surface area contributed by atoms with Crippen LogP contribution < -0.4 is 5.73 Å². The van der Waals surface area contributed by atoms with Gasteiger partial charge in [0.05, 0.1) is 7.11 Å². The fraction of sp³-hybridized carbons (Fsp3) is 0.625. The van der Waals surface area contributed by atoms with Crippen LogP contribution in [0.15, 0.2) is 12.2 Å². The van der Waals surface area contributed by atoms with Crippen LogP contribution in [-0.2, 0) is 9.53 Å². The summed E-state index contributed by atoms with van der Waals surface area (Å²) in [5.41, 5.74) is 5.03. The number of methoxy groups -OCH3 is 1. The number of rotatable bonds is 2. The zero-order chi connectivity index (χ0) is 9.11. The highest BCUT2D eigenvalue weighted by atomic mass is 16.5. The Morgan fingerprint density at radius 1 is 1.64 bits per heavy atom. The monoisotopic (exact) mass is 159 g/mol. The van der Waals surface area contributed by atoms with Gasteiger partial charge in [0.15, 0.2) is 0 Å². The summed E-state index contributed by atoms with van der Waals surface area (Å²) in [7, 11) is 1.35. The Kier molecular flexibility index (Phi) is 13.9. The van der Waals surface area contributed by atoms with Crippen molar-refractivity contribution >= 4 is 5.97 Å². The Hall–Kier alpha value is -0.830. The molecular weight excluding hydrogens is 142 g/mol. The molecule has 3 heteroatoms. The summed E-state index contributed by atoms with van der Waals surface area (Å²) in [6.45, 7) is 4.64. The Balaban J connectivity index is 0. The summed E-state index contributed by atoms with van der Waals surface area (Å²) in [6.07, 6.45) is 4.09. The third-order valence-electron chi connectivity index (χ3n) is 0.793. The van der Waals surface area contributed by atoms with Gasteiger partial charge in [-0.25, -0.2) is 4.79 Å². The van der Waals surface area contributed by atoms with Gasteiger partial charge in [0.2, 0.25) is 0 Å². The molecule has 0 aliphatic rings. The van der Waals surface area contributed by atoms with Crippen molar-refractivity contribution in [1.82, 2.24) is 0 Å². The number of hydrogen-bond donors (Lipinski definition) is 1. The largest absolute Gasteiger partial charge is 0.466 e. The quantitative estimate of drug-likeness (QED) is 0.484. The highest BCUT2D eigenvalue weighted by Crippen LogP contribution is 1.73. The topological polar surface area (TPSA) is 52.3 Å². The molecule has 3 nitrogen and oxygen atoms in total. The first kappa shape index (κ1) is 12.8. The molecule has 0 aromatic heterocycles. The molecule has 0 radical (unpaired) electrons. The van der Waals surface area contributed by atoms with Gasteiger partial charge in [-0.1, -0.05) is 13.0 Å². The second-order valence-electron chi connectivity index (χ2n) is 1.81. The Labute approximate surface area is 68.2 Å². The maximum Gasteiger partial charge on any atom is 0.330 e. The predicted molar refractivity (Wildman–Crippen MR) is 46.2 cm³/mol. The van der Waals surface area contributed by atoms with E-state index in [2.05, 4.69) is 11.7 Å². The fourth-order valence-corrected chi connectivity index (χ4v) is 0.204. The molecule has 0 saturated carbocycles. The molecule has 0 aromatic rings. The Bertz CT molecular complexity index is 109. The summed E-state index contributed by atoms with van der Waals surface area (Å²) in [5.74, 6) is -0.303. The second-order valence-corrected chi connectivity index (χ2v) is 1.81. The lowest BCUT2D eigenvalue weighted by Crippen LogP contribution is -1.93. The standard InChI is InChI=1S/C5H8O2.C3H9N/c1-3-4-5(6)7-2;1-2-3-4/h3-4H,1-2H3;2-4H2,1H3. The van der Waals surface area contributed by atoms with Crippen molar-refractivity contribution in [3.05, 3.63) is 12.2 Å². The third-order valence-corrected chi connectivity index (χ3v) is 0.793. The molecular formula is C8H17NO2. The number of carbonyl (C=O) groups excluding carboxylic acids is 1. The van der Waals surface area contributed by atoms with Gasteiger partial charge >= 0.3 is 5.97 Å². The van der Waals surface area contributed by atoms with Crippen LogP contribution in [0.2, 0.25) is 0 Å². The second kappa shape index (κ2) is 11.9. The number of nitrogens with two attached hydrogens (primary N) is 1. The van der Waals surface area contributed by atoms with Crippen molar-refractivity contribution in [2.75, 3.05) is 13.7 Å². The van der Waals surface area contributed by atoms with Crippen LogP contribution in [0, 0.1) is 0 Å². The highest BCUT2D eigenvalue weighted by Gasteiger charge is 1.84. The number of hydrogen-bond acceptors (Lipinski definition) is 3. The van der Waals surface area contributed by atoms with Crippen LogP contribution in [0.25, 0.3) is 0 Å². The summed E-state index contributed by atoms with van der Waals surface area (Å²) in [6, 6.07) is 0. The molecule has 0 aliphatic heterocycles. The summed E-state index contributed by atoms with van der Waals surface area (Å²) in [4.78, 5) is 10.1. The summed E-state index contributed by atoms with van der Waals surface area (Å²) < 4.78 is 4.26. The zero-order valence-electron chi connectivity index (χ0n) is 7.46. The molecule has 0 bridgehead atoms. The molecule has 0 aliphatic carbocycles. The molecule has 11 heavy (non-hydrogen) atoms. The molecule has 0 aromatic carbocycles. The van der Waals surface area contributed by atoms with Crippen LogP contribution in [0.1, 0.15) is 20.3 Å². The van der Waals surface area contributed by atoms with E-state index in [4.69, 9.17) is 5.73 Å². The van der Waals surface area contributed by atoms with Gasteiger partial charge in [0.25, 0.3) is 0 Å². The van der Waals surface area contributed by atoms with Crippen LogP contribution in [0.3, 0.4) is 0 Å². The zero-order valence-corrected chi connectivity index (χ0v) is 7.46. The maximum absolute atomic E-state index is 10.1. The van der Waals surface area contributed by atoms with E-state index in [1.807, 2.05) is 0 Å². The molecule has 0 rings (SSSR count). The van der Waals surface area contributed by atoms with Gasteiger partial charge in [-0.3, -0.25) is 0 Å². The molecule has 0 unspecified atom stereocenters. The molecule has 0 atom stereocenters. The van der Waals surface area contributed by atoms with Crippen LogP contribution in [0.5, 0.6) is 0 Å². The van der Waals surface area contributed by atoms with Gasteiger partial charge < -0.3 is 10.5 Å². The van der Waals surface area contributed by atoms with E-state index in [9.17, 15) is 4.79 Å². The van der Waals surface area contributed by atoms with E-state index in [1.54, 1.807) is 13.0 Å². The highest BCUT2D eigenvalue weighted by molar-refractivity contribution is 5.81. The van der Waals surface area contributed by atoms with Crippen molar-refractivity contribution in [2.24, 2.45) is 5.73 Å². The van der Waals surface area contributed by atoms with Gasteiger partial charge in [0.1, 0.15) is 0 Å². The first-order chi connectivity index (χ1) is 5.22.